The number of thiophene rings is 2. The predicted octanol–water partition coefficient (Wildman–Crippen LogP) is 4.42. The van der Waals surface area contributed by atoms with Crippen molar-refractivity contribution in [1.82, 2.24) is 4.98 Å². The normalized spacial score (nSPS) is 10.8. The molecule has 3 aromatic rings. The van der Waals surface area contributed by atoms with Crippen molar-refractivity contribution in [3.05, 3.63) is 38.7 Å². The molecular weight excluding hydrogens is 438 g/mol. The number of nitrogens with one attached hydrogen (secondary N) is 1. The fraction of sp³-hybridized carbons (Fsp3) is 0.333. The summed E-state index contributed by atoms with van der Waals surface area (Å²) >= 11 is 2.15. The Labute approximate surface area is 187 Å². The Balaban J connectivity index is 1.99. The third-order valence-corrected chi connectivity index (χ3v) is 6.89. The number of esters is 2. The van der Waals surface area contributed by atoms with Crippen LogP contribution < -0.4 is 11.1 Å². The van der Waals surface area contributed by atoms with Crippen LogP contribution in [0.25, 0.3) is 10.2 Å². The van der Waals surface area contributed by atoms with Gasteiger partial charge < -0.3 is 20.5 Å². The Morgan fingerprint density at radius 1 is 1.13 bits per heavy atom. The lowest BCUT2D eigenvalue weighted by atomic mass is 10.1. The summed E-state index contributed by atoms with van der Waals surface area (Å²) in [6.45, 7) is 5.56. The third kappa shape index (κ3) is 4.40. The molecule has 3 rings (SSSR count). The van der Waals surface area contributed by atoms with E-state index < -0.39 is 17.8 Å². The van der Waals surface area contributed by atoms with Gasteiger partial charge >= 0.3 is 11.9 Å². The molecule has 8 nitrogen and oxygen atoms in total. The monoisotopic (exact) mass is 461 g/mol. The summed E-state index contributed by atoms with van der Waals surface area (Å²) in [5, 5.41) is 3.62. The average Bonchev–Trinajstić information content (AvgIpc) is 3.24. The summed E-state index contributed by atoms with van der Waals surface area (Å²) in [6.07, 6.45) is 1.80. The van der Waals surface area contributed by atoms with E-state index in [1.165, 1.54) is 18.4 Å². The van der Waals surface area contributed by atoms with Gasteiger partial charge in [-0.2, -0.15) is 0 Å². The number of aromatic nitrogens is 1. The minimum Gasteiger partial charge on any atom is -0.465 e. The van der Waals surface area contributed by atoms with Crippen LogP contribution in [0.15, 0.2) is 12.1 Å². The van der Waals surface area contributed by atoms with Gasteiger partial charge in [0.05, 0.1) is 25.0 Å². The summed E-state index contributed by atoms with van der Waals surface area (Å²) in [5.74, 6) is -1.71. The Hall–Kier alpha value is -2.98. The molecule has 0 saturated heterocycles. The summed E-state index contributed by atoms with van der Waals surface area (Å²) < 4.78 is 9.89. The number of carbonyl (C=O) groups excluding carboxylic acids is 3. The van der Waals surface area contributed by atoms with Crippen molar-refractivity contribution >= 4 is 61.4 Å². The Morgan fingerprint density at radius 3 is 2.52 bits per heavy atom. The molecule has 3 N–H and O–H groups in total. The van der Waals surface area contributed by atoms with Gasteiger partial charge in [-0.25, -0.2) is 14.6 Å². The average molecular weight is 462 g/mol. The van der Waals surface area contributed by atoms with Crippen LogP contribution in [0.1, 0.15) is 61.2 Å². The summed E-state index contributed by atoms with van der Waals surface area (Å²) in [7, 11) is 1.23. The molecule has 0 spiro atoms. The van der Waals surface area contributed by atoms with Crippen molar-refractivity contribution in [2.45, 2.75) is 33.6 Å². The first-order valence-corrected chi connectivity index (χ1v) is 11.3. The smallest absolute Gasteiger partial charge is 0.348 e. The number of fused-ring (bicyclic) bond motifs is 1. The molecule has 0 aliphatic carbocycles. The first kappa shape index (κ1) is 22.7. The second-order valence-corrected chi connectivity index (χ2v) is 8.70. The number of hydrogen-bond acceptors (Lipinski definition) is 9. The largest absolute Gasteiger partial charge is 0.465 e. The summed E-state index contributed by atoms with van der Waals surface area (Å²) in [5.41, 5.74) is 7.98. The summed E-state index contributed by atoms with van der Waals surface area (Å²) in [6, 6.07) is 3.77. The zero-order valence-corrected chi connectivity index (χ0v) is 19.3. The molecule has 31 heavy (non-hydrogen) atoms. The Kier molecular flexibility index (Phi) is 6.91. The zero-order valence-electron chi connectivity index (χ0n) is 17.7. The number of carbonyl (C=O) groups is 3. The van der Waals surface area contributed by atoms with Gasteiger partial charge in [0.1, 0.15) is 19.6 Å². The van der Waals surface area contributed by atoms with Gasteiger partial charge in [0.2, 0.25) is 0 Å². The van der Waals surface area contributed by atoms with E-state index in [-0.39, 0.29) is 26.9 Å². The van der Waals surface area contributed by atoms with Gasteiger partial charge in [-0.15, -0.1) is 22.7 Å². The first-order valence-electron chi connectivity index (χ1n) is 9.70. The SMILES string of the molecule is CCCc1ccc2c(N)c(C(=O)Nc3sc(C(=O)OCC)c(C)c3C(=O)OC)sc2n1. The van der Waals surface area contributed by atoms with E-state index in [2.05, 4.69) is 17.2 Å². The molecule has 0 saturated carbocycles. The Morgan fingerprint density at radius 2 is 1.87 bits per heavy atom. The van der Waals surface area contributed by atoms with Crippen LogP contribution in [0, 0.1) is 6.92 Å². The van der Waals surface area contributed by atoms with Crippen LogP contribution >= 0.6 is 22.7 Å². The molecule has 3 aromatic heterocycles. The van der Waals surface area contributed by atoms with Gasteiger partial charge in [0.25, 0.3) is 5.91 Å². The van der Waals surface area contributed by atoms with Crippen molar-refractivity contribution in [3.8, 4) is 0 Å². The van der Waals surface area contributed by atoms with E-state index in [9.17, 15) is 14.4 Å². The molecule has 1 amide bonds. The molecule has 0 bridgehead atoms. The van der Waals surface area contributed by atoms with Crippen molar-refractivity contribution < 1.29 is 23.9 Å². The lowest BCUT2D eigenvalue weighted by molar-refractivity contribution is 0.0531. The van der Waals surface area contributed by atoms with Gasteiger partial charge in [-0.05, 0) is 38.0 Å². The van der Waals surface area contributed by atoms with Crippen LogP contribution in [0.3, 0.4) is 0 Å². The van der Waals surface area contributed by atoms with Crippen LogP contribution in [0.4, 0.5) is 10.7 Å². The van der Waals surface area contributed by atoms with E-state index >= 15 is 0 Å². The molecule has 10 heteroatoms. The molecule has 0 fully saturated rings. The molecular formula is C21H23N3O5S2. The Bertz CT molecular complexity index is 1170. The van der Waals surface area contributed by atoms with E-state index in [0.717, 1.165) is 29.9 Å². The van der Waals surface area contributed by atoms with Crippen LogP contribution in [-0.4, -0.2) is 36.5 Å². The van der Waals surface area contributed by atoms with E-state index in [4.69, 9.17) is 15.2 Å². The van der Waals surface area contributed by atoms with Crippen LogP contribution in [0.5, 0.6) is 0 Å². The number of ether oxygens (including phenoxy) is 2. The van der Waals surface area contributed by atoms with E-state index in [1.54, 1.807) is 13.8 Å². The second-order valence-electron chi connectivity index (χ2n) is 6.68. The minimum absolute atomic E-state index is 0.118. The van der Waals surface area contributed by atoms with Gasteiger partial charge in [0.15, 0.2) is 0 Å². The maximum atomic E-state index is 13.0. The molecule has 164 valence electrons. The zero-order chi connectivity index (χ0) is 22.7. The van der Waals surface area contributed by atoms with Crippen LogP contribution in [0.2, 0.25) is 0 Å². The number of methoxy groups -OCH3 is 1. The topological polar surface area (TPSA) is 121 Å². The standard InChI is InChI=1S/C21H23N3O5S2/c1-5-7-11-8-9-12-14(22)16(31-18(12)23-11)17(25)24-19-13(20(26)28-4)10(3)15(30-19)21(27)29-6-2/h8-9H,5-7,22H2,1-4H3,(H,24,25). The maximum Gasteiger partial charge on any atom is 0.348 e. The molecule has 0 radical (unpaired) electrons. The number of pyridine rings is 1. The van der Waals surface area contributed by atoms with E-state index in [1.807, 2.05) is 12.1 Å². The predicted molar refractivity (Wildman–Crippen MR) is 122 cm³/mol. The molecule has 0 aliphatic heterocycles. The lowest BCUT2D eigenvalue weighted by Crippen LogP contribution is -2.14. The first-order chi connectivity index (χ1) is 14.8. The molecule has 3 heterocycles. The highest BCUT2D eigenvalue weighted by atomic mass is 32.1. The lowest BCUT2D eigenvalue weighted by Gasteiger charge is -2.05. The molecule has 0 unspecified atom stereocenters. The van der Waals surface area contributed by atoms with Crippen LogP contribution in [-0.2, 0) is 15.9 Å². The quantitative estimate of drug-likeness (QED) is 0.500. The highest BCUT2D eigenvalue weighted by Gasteiger charge is 2.28. The van der Waals surface area contributed by atoms with Gasteiger partial charge in [-0.3, -0.25) is 4.79 Å². The third-order valence-electron chi connectivity index (χ3n) is 4.59. The van der Waals surface area contributed by atoms with E-state index in [0.29, 0.717) is 21.5 Å². The number of hydrogen-bond donors (Lipinski definition) is 2. The number of nitrogens with two attached hydrogens (primary N) is 1. The van der Waals surface area contributed by atoms with Crippen molar-refractivity contribution in [2.75, 3.05) is 24.8 Å². The fourth-order valence-corrected chi connectivity index (χ4v) is 5.19. The number of aryl methyl sites for hydroxylation is 1. The highest BCUT2D eigenvalue weighted by Crippen LogP contribution is 2.37. The molecule has 0 aliphatic rings. The minimum atomic E-state index is -0.658. The maximum absolute atomic E-state index is 13.0. The second kappa shape index (κ2) is 9.44. The number of amides is 1. The van der Waals surface area contributed by atoms with Gasteiger partial charge in [0, 0.05) is 11.1 Å². The molecule has 0 aromatic carbocycles. The molecule has 0 atom stereocenters. The number of nitrogens with zero attached hydrogens (tertiary/aromatic N) is 1. The number of rotatable bonds is 7. The summed E-state index contributed by atoms with van der Waals surface area (Å²) in [4.78, 5) is 43.4. The number of nitrogen functional groups attached to an aromatic ring is 1. The van der Waals surface area contributed by atoms with Crippen molar-refractivity contribution in [1.29, 1.82) is 0 Å². The van der Waals surface area contributed by atoms with Crippen molar-refractivity contribution in [2.24, 2.45) is 0 Å². The van der Waals surface area contributed by atoms with Crippen molar-refractivity contribution in [3.63, 3.8) is 0 Å². The number of anilines is 2. The highest BCUT2D eigenvalue weighted by molar-refractivity contribution is 7.21. The fourth-order valence-electron chi connectivity index (χ4n) is 3.10. The van der Waals surface area contributed by atoms with Gasteiger partial charge in [-0.1, -0.05) is 13.3 Å².